The van der Waals surface area contributed by atoms with Gasteiger partial charge in [-0.25, -0.2) is 4.98 Å². The molecule has 2 aromatic heterocycles. The largest absolute Gasteiger partial charge is 0.331 e. The molecule has 1 N–H and O–H groups in total. The standard InChI is InChI=1S/C15H18N4S/c1-9(2)19-14-7-12(5-6-13(14)17-15(19)20)18-8-10(3)16-11(18)4/h5-9H,1-4H3,(H,17,20). The SMILES string of the molecule is Cc1cn(-c2ccc3[nH]c(=S)n(C(C)C)c3c2)c(C)n1. The summed E-state index contributed by atoms with van der Waals surface area (Å²) in [5.41, 5.74) is 4.34. The van der Waals surface area contributed by atoms with Gasteiger partial charge in [0.1, 0.15) is 5.82 Å². The monoisotopic (exact) mass is 286 g/mol. The highest BCUT2D eigenvalue weighted by Gasteiger charge is 2.10. The van der Waals surface area contributed by atoms with Crippen LogP contribution in [0.1, 0.15) is 31.4 Å². The molecule has 3 aromatic rings. The average molecular weight is 286 g/mol. The van der Waals surface area contributed by atoms with Crippen LogP contribution in [0.15, 0.2) is 24.4 Å². The number of nitrogens with one attached hydrogen (secondary N) is 1. The van der Waals surface area contributed by atoms with E-state index in [0.717, 1.165) is 33.0 Å². The van der Waals surface area contributed by atoms with Crippen LogP contribution in [-0.4, -0.2) is 19.1 Å². The summed E-state index contributed by atoms with van der Waals surface area (Å²) >= 11 is 5.41. The highest BCUT2D eigenvalue weighted by atomic mass is 32.1. The van der Waals surface area contributed by atoms with Gasteiger partial charge in [-0.3, -0.25) is 0 Å². The van der Waals surface area contributed by atoms with E-state index in [4.69, 9.17) is 12.2 Å². The van der Waals surface area contributed by atoms with Crippen LogP contribution < -0.4 is 0 Å². The van der Waals surface area contributed by atoms with Gasteiger partial charge in [0.2, 0.25) is 0 Å². The molecule has 0 bridgehead atoms. The van der Waals surface area contributed by atoms with Crippen molar-refractivity contribution in [2.75, 3.05) is 0 Å². The van der Waals surface area contributed by atoms with Crippen molar-refractivity contribution in [1.82, 2.24) is 19.1 Å². The molecule has 0 amide bonds. The predicted molar refractivity (Wildman–Crippen MR) is 84.1 cm³/mol. The van der Waals surface area contributed by atoms with Crippen LogP contribution in [0, 0.1) is 18.6 Å². The summed E-state index contributed by atoms with van der Waals surface area (Å²) in [6, 6.07) is 6.66. The van der Waals surface area contributed by atoms with E-state index < -0.39 is 0 Å². The Morgan fingerprint density at radius 1 is 1.25 bits per heavy atom. The fourth-order valence-electron chi connectivity index (χ4n) is 2.65. The van der Waals surface area contributed by atoms with E-state index in [9.17, 15) is 0 Å². The molecule has 0 aliphatic heterocycles. The third-order valence-electron chi connectivity index (χ3n) is 3.50. The normalized spacial score (nSPS) is 11.7. The lowest BCUT2D eigenvalue weighted by atomic mass is 10.2. The second-order valence-corrected chi connectivity index (χ2v) is 5.78. The summed E-state index contributed by atoms with van der Waals surface area (Å²) in [4.78, 5) is 7.72. The number of hydrogen-bond acceptors (Lipinski definition) is 2. The molecule has 3 rings (SSSR count). The summed E-state index contributed by atoms with van der Waals surface area (Å²) in [5, 5.41) is 0. The maximum absolute atomic E-state index is 5.41. The Kier molecular flexibility index (Phi) is 3.01. The Balaban J connectivity index is 2.27. The molecule has 2 heterocycles. The highest BCUT2D eigenvalue weighted by Crippen LogP contribution is 2.23. The summed E-state index contributed by atoms with van der Waals surface area (Å²) in [6.45, 7) is 8.31. The minimum absolute atomic E-state index is 0.331. The van der Waals surface area contributed by atoms with Gasteiger partial charge in [0.15, 0.2) is 4.77 Å². The molecular weight excluding hydrogens is 268 g/mol. The summed E-state index contributed by atoms with van der Waals surface area (Å²) in [5.74, 6) is 0.993. The van der Waals surface area contributed by atoms with Crippen molar-refractivity contribution >= 4 is 23.3 Å². The van der Waals surface area contributed by atoms with Gasteiger partial charge in [-0.1, -0.05) is 0 Å². The lowest BCUT2D eigenvalue weighted by Gasteiger charge is -2.10. The Morgan fingerprint density at radius 3 is 2.60 bits per heavy atom. The van der Waals surface area contributed by atoms with Crippen molar-refractivity contribution in [3.05, 3.63) is 40.7 Å². The summed E-state index contributed by atoms with van der Waals surface area (Å²) in [6.07, 6.45) is 2.05. The number of hydrogen-bond donors (Lipinski definition) is 1. The Morgan fingerprint density at radius 2 is 2.00 bits per heavy atom. The van der Waals surface area contributed by atoms with Crippen LogP contribution in [-0.2, 0) is 0 Å². The van der Waals surface area contributed by atoms with Crippen molar-refractivity contribution in [2.45, 2.75) is 33.7 Å². The Labute approximate surface area is 123 Å². The number of imidazole rings is 2. The Bertz CT molecular complexity index is 835. The molecule has 0 aliphatic rings. The first kappa shape index (κ1) is 13.1. The highest BCUT2D eigenvalue weighted by molar-refractivity contribution is 7.71. The van der Waals surface area contributed by atoms with E-state index in [-0.39, 0.29) is 0 Å². The van der Waals surface area contributed by atoms with Gasteiger partial charge in [-0.2, -0.15) is 0 Å². The van der Waals surface area contributed by atoms with Gasteiger partial charge >= 0.3 is 0 Å². The van der Waals surface area contributed by atoms with Crippen molar-refractivity contribution in [3.63, 3.8) is 0 Å². The number of aromatic nitrogens is 4. The smallest absolute Gasteiger partial charge is 0.178 e. The van der Waals surface area contributed by atoms with Crippen LogP contribution in [0.5, 0.6) is 0 Å². The zero-order valence-electron chi connectivity index (χ0n) is 12.1. The molecule has 20 heavy (non-hydrogen) atoms. The lowest BCUT2D eigenvalue weighted by molar-refractivity contribution is 0.610. The van der Waals surface area contributed by atoms with E-state index in [0.29, 0.717) is 6.04 Å². The molecule has 0 saturated heterocycles. The minimum atomic E-state index is 0.331. The molecule has 0 spiro atoms. The molecule has 1 aromatic carbocycles. The number of H-pyrrole nitrogens is 1. The second-order valence-electron chi connectivity index (χ2n) is 5.39. The molecule has 0 atom stereocenters. The molecule has 0 aliphatic carbocycles. The van der Waals surface area contributed by atoms with E-state index in [1.54, 1.807) is 0 Å². The van der Waals surface area contributed by atoms with Crippen LogP contribution in [0.3, 0.4) is 0 Å². The topological polar surface area (TPSA) is 38.5 Å². The van der Waals surface area contributed by atoms with Crippen LogP contribution >= 0.6 is 12.2 Å². The first-order valence-electron chi connectivity index (χ1n) is 6.74. The number of nitrogens with zero attached hydrogens (tertiary/aromatic N) is 3. The number of benzene rings is 1. The molecule has 0 fully saturated rings. The van der Waals surface area contributed by atoms with Crippen molar-refractivity contribution in [3.8, 4) is 5.69 Å². The summed E-state index contributed by atoms with van der Waals surface area (Å²) < 4.78 is 5.02. The quantitative estimate of drug-likeness (QED) is 0.721. The Hall–Kier alpha value is -1.88. The van der Waals surface area contributed by atoms with E-state index in [2.05, 4.69) is 57.3 Å². The predicted octanol–water partition coefficient (Wildman–Crippen LogP) is 4.08. The van der Waals surface area contributed by atoms with Gasteiger partial charge in [-0.05, 0) is 58.1 Å². The number of rotatable bonds is 2. The average Bonchev–Trinajstić information content (AvgIpc) is 2.86. The fourth-order valence-corrected chi connectivity index (χ4v) is 3.07. The number of aromatic amines is 1. The maximum Gasteiger partial charge on any atom is 0.178 e. The van der Waals surface area contributed by atoms with Crippen molar-refractivity contribution in [1.29, 1.82) is 0 Å². The molecule has 104 valence electrons. The zero-order valence-corrected chi connectivity index (χ0v) is 13.0. The third kappa shape index (κ3) is 1.98. The van der Waals surface area contributed by atoms with Gasteiger partial charge in [-0.15, -0.1) is 0 Å². The third-order valence-corrected chi connectivity index (χ3v) is 3.80. The van der Waals surface area contributed by atoms with E-state index in [1.807, 2.05) is 13.8 Å². The van der Waals surface area contributed by atoms with Gasteiger partial charge in [0.05, 0.1) is 16.7 Å². The molecule has 0 unspecified atom stereocenters. The van der Waals surface area contributed by atoms with Crippen LogP contribution in [0.25, 0.3) is 16.7 Å². The first-order chi connectivity index (χ1) is 9.47. The van der Waals surface area contributed by atoms with E-state index in [1.165, 1.54) is 0 Å². The molecule has 4 nitrogen and oxygen atoms in total. The number of aryl methyl sites for hydroxylation is 2. The fraction of sp³-hybridized carbons (Fsp3) is 0.333. The van der Waals surface area contributed by atoms with Crippen LogP contribution in [0.2, 0.25) is 0 Å². The minimum Gasteiger partial charge on any atom is -0.331 e. The molecule has 5 heteroatoms. The van der Waals surface area contributed by atoms with Gasteiger partial charge in [0.25, 0.3) is 0 Å². The van der Waals surface area contributed by atoms with Crippen molar-refractivity contribution < 1.29 is 0 Å². The first-order valence-corrected chi connectivity index (χ1v) is 7.15. The summed E-state index contributed by atoms with van der Waals surface area (Å²) in [7, 11) is 0. The van der Waals surface area contributed by atoms with Crippen LogP contribution in [0.4, 0.5) is 0 Å². The van der Waals surface area contributed by atoms with Gasteiger partial charge < -0.3 is 14.1 Å². The van der Waals surface area contributed by atoms with Gasteiger partial charge in [0, 0.05) is 17.9 Å². The zero-order chi connectivity index (χ0) is 14.4. The number of fused-ring (bicyclic) bond motifs is 1. The van der Waals surface area contributed by atoms with Crippen molar-refractivity contribution in [2.24, 2.45) is 0 Å². The second kappa shape index (κ2) is 4.59. The lowest BCUT2D eigenvalue weighted by Crippen LogP contribution is -2.01. The molecular formula is C15H18N4S. The molecule has 0 saturated carbocycles. The van der Waals surface area contributed by atoms with E-state index >= 15 is 0 Å². The molecule has 0 radical (unpaired) electrons. The maximum atomic E-state index is 5.41.